The molecule has 24 heavy (non-hydrogen) atoms. The Hall–Kier alpha value is -2.87. The number of esters is 1. The number of ether oxygens (including phenoxy) is 2. The first-order chi connectivity index (χ1) is 11.5. The van der Waals surface area contributed by atoms with Crippen LogP contribution in [0.25, 0.3) is 0 Å². The van der Waals surface area contributed by atoms with E-state index in [-0.39, 0.29) is 10.5 Å². The molecule has 0 radical (unpaired) electrons. The molecule has 0 atom stereocenters. The van der Waals surface area contributed by atoms with E-state index in [1.165, 1.54) is 31.5 Å². The zero-order chi connectivity index (χ0) is 17.6. The molecule has 0 bridgehead atoms. The summed E-state index contributed by atoms with van der Waals surface area (Å²) in [4.78, 5) is 13.5. The summed E-state index contributed by atoms with van der Waals surface area (Å²) in [5.41, 5.74) is 0.618. The predicted octanol–water partition coefficient (Wildman–Crippen LogP) is 1.79. The minimum absolute atomic E-state index is 0.0628. The van der Waals surface area contributed by atoms with Crippen LogP contribution < -0.4 is 9.57 Å². The lowest BCUT2D eigenvalue weighted by Gasteiger charge is -2.08. The average molecular weight is 348 g/mol. The summed E-state index contributed by atoms with van der Waals surface area (Å²) in [6, 6.07) is 12.6. The third-order valence-corrected chi connectivity index (χ3v) is 4.36. The molecule has 0 saturated heterocycles. The zero-order valence-electron chi connectivity index (χ0n) is 13.1. The first-order valence-electron chi connectivity index (χ1n) is 6.84. The summed E-state index contributed by atoms with van der Waals surface area (Å²) < 4.78 is 34.2. The van der Waals surface area contributed by atoms with Crippen LogP contribution in [0.2, 0.25) is 0 Å². The summed E-state index contributed by atoms with van der Waals surface area (Å²) >= 11 is 0. The molecule has 2 aromatic rings. The lowest BCUT2D eigenvalue weighted by Crippen LogP contribution is -2.21. The molecule has 1 N–H and O–H groups in total. The largest absolute Gasteiger partial charge is 0.497 e. The van der Waals surface area contributed by atoms with E-state index in [9.17, 15) is 13.2 Å². The van der Waals surface area contributed by atoms with Crippen molar-refractivity contribution in [3.63, 3.8) is 0 Å². The number of hydrogen-bond donors (Lipinski definition) is 1. The number of rotatable bonds is 6. The van der Waals surface area contributed by atoms with E-state index in [0.717, 1.165) is 0 Å². The van der Waals surface area contributed by atoms with Gasteiger partial charge in [0, 0.05) is 0 Å². The molecule has 2 rings (SSSR count). The summed E-state index contributed by atoms with van der Waals surface area (Å²) in [6.07, 6.45) is 1.34. The van der Waals surface area contributed by atoms with Gasteiger partial charge in [-0.15, -0.1) is 0 Å². The third kappa shape index (κ3) is 4.11. The highest BCUT2D eigenvalue weighted by molar-refractivity contribution is 7.89. The molecule has 0 spiro atoms. The minimum atomic E-state index is -4.00. The van der Waals surface area contributed by atoms with Crippen molar-refractivity contribution < 1.29 is 22.7 Å². The zero-order valence-corrected chi connectivity index (χ0v) is 13.9. The van der Waals surface area contributed by atoms with Crippen molar-refractivity contribution in [3.05, 3.63) is 59.7 Å². The lowest BCUT2D eigenvalue weighted by molar-refractivity contribution is 0.0596. The van der Waals surface area contributed by atoms with Crippen LogP contribution in [-0.2, 0) is 14.8 Å². The Bertz CT molecular complexity index is 845. The molecule has 2 aromatic carbocycles. The molecule has 0 aliphatic heterocycles. The Kier molecular flexibility index (Phi) is 5.54. The summed E-state index contributed by atoms with van der Waals surface area (Å²) in [7, 11) is -1.27. The number of carbonyl (C=O) groups excluding carboxylic acids is 1. The van der Waals surface area contributed by atoms with E-state index in [1.54, 1.807) is 37.4 Å². The first-order valence-corrected chi connectivity index (χ1v) is 8.32. The van der Waals surface area contributed by atoms with Gasteiger partial charge in [-0.05, 0) is 42.0 Å². The van der Waals surface area contributed by atoms with Crippen molar-refractivity contribution >= 4 is 22.2 Å². The molecular weight excluding hydrogens is 332 g/mol. The molecule has 8 heteroatoms. The highest BCUT2D eigenvalue weighted by Crippen LogP contribution is 2.16. The Morgan fingerprint density at radius 1 is 1.08 bits per heavy atom. The van der Waals surface area contributed by atoms with Crippen LogP contribution in [-0.4, -0.2) is 34.8 Å². The van der Waals surface area contributed by atoms with Gasteiger partial charge in [0.05, 0.1) is 26.0 Å². The molecule has 0 aliphatic rings. The van der Waals surface area contributed by atoms with E-state index < -0.39 is 16.0 Å². The molecule has 7 nitrogen and oxygen atoms in total. The maximum Gasteiger partial charge on any atom is 0.339 e. The van der Waals surface area contributed by atoms with E-state index in [2.05, 4.69) is 14.7 Å². The fourth-order valence-corrected chi connectivity index (χ4v) is 2.88. The third-order valence-electron chi connectivity index (χ3n) is 3.08. The number of hydrazone groups is 1. The van der Waals surface area contributed by atoms with Crippen LogP contribution in [0.3, 0.4) is 0 Å². The van der Waals surface area contributed by atoms with Crippen molar-refractivity contribution in [2.24, 2.45) is 5.10 Å². The second kappa shape index (κ2) is 7.60. The maximum absolute atomic E-state index is 12.3. The van der Waals surface area contributed by atoms with Gasteiger partial charge in [0.2, 0.25) is 0 Å². The Labute approximate surface area is 140 Å². The number of sulfonamides is 1. The minimum Gasteiger partial charge on any atom is -0.497 e. The van der Waals surface area contributed by atoms with Gasteiger partial charge in [-0.2, -0.15) is 13.5 Å². The standard InChI is InChI=1S/C16H16N2O5S/c1-22-13-9-7-12(8-10-13)11-17-18-24(20,21)15-6-4-3-5-14(15)16(19)23-2/h3-11,18H,1-2H3/b17-11+. The fourth-order valence-electron chi connectivity index (χ4n) is 1.89. The van der Waals surface area contributed by atoms with E-state index in [1.807, 2.05) is 0 Å². The van der Waals surface area contributed by atoms with Gasteiger partial charge in [0.1, 0.15) is 10.6 Å². The number of nitrogens with one attached hydrogen (secondary N) is 1. The Morgan fingerprint density at radius 3 is 2.38 bits per heavy atom. The quantitative estimate of drug-likeness (QED) is 0.488. The molecule has 0 heterocycles. The molecule has 126 valence electrons. The van der Waals surface area contributed by atoms with Gasteiger partial charge < -0.3 is 9.47 Å². The SMILES string of the molecule is COC(=O)c1ccccc1S(=O)(=O)N/N=C/c1ccc(OC)cc1. The first kappa shape index (κ1) is 17.5. The second-order valence-electron chi connectivity index (χ2n) is 4.61. The van der Waals surface area contributed by atoms with Crippen molar-refractivity contribution in [3.8, 4) is 5.75 Å². The molecular formula is C16H16N2O5S. The van der Waals surface area contributed by atoms with Gasteiger partial charge in [0.25, 0.3) is 10.0 Å². The molecule has 0 unspecified atom stereocenters. The smallest absolute Gasteiger partial charge is 0.339 e. The van der Waals surface area contributed by atoms with Crippen molar-refractivity contribution in [1.29, 1.82) is 0 Å². The van der Waals surface area contributed by atoms with E-state index >= 15 is 0 Å². The lowest BCUT2D eigenvalue weighted by atomic mass is 10.2. The maximum atomic E-state index is 12.3. The van der Waals surface area contributed by atoms with Crippen LogP contribution >= 0.6 is 0 Å². The van der Waals surface area contributed by atoms with E-state index in [4.69, 9.17) is 4.74 Å². The Morgan fingerprint density at radius 2 is 1.75 bits per heavy atom. The average Bonchev–Trinajstić information content (AvgIpc) is 2.61. The fraction of sp³-hybridized carbons (Fsp3) is 0.125. The van der Waals surface area contributed by atoms with Gasteiger partial charge in [-0.1, -0.05) is 12.1 Å². The molecule has 0 fully saturated rings. The van der Waals surface area contributed by atoms with Crippen LogP contribution in [0, 0.1) is 0 Å². The van der Waals surface area contributed by atoms with Gasteiger partial charge >= 0.3 is 5.97 Å². The summed E-state index contributed by atoms with van der Waals surface area (Å²) in [6.45, 7) is 0. The number of nitrogens with zero attached hydrogens (tertiary/aromatic N) is 1. The predicted molar refractivity (Wildman–Crippen MR) is 88.7 cm³/mol. The molecule has 0 amide bonds. The summed E-state index contributed by atoms with van der Waals surface area (Å²) in [5.74, 6) is -0.0603. The van der Waals surface area contributed by atoms with Gasteiger partial charge in [0.15, 0.2) is 0 Å². The number of hydrogen-bond acceptors (Lipinski definition) is 6. The number of carbonyl (C=O) groups is 1. The highest BCUT2D eigenvalue weighted by atomic mass is 32.2. The molecule has 0 saturated carbocycles. The number of benzene rings is 2. The van der Waals surface area contributed by atoms with Crippen LogP contribution in [0.4, 0.5) is 0 Å². The van der Waals surface area contributed by atoms with Crippen LogP contribution in [0.15, 0.2) is 58.5 Å². The monoisotopic (exact) mass is 348 g/mol. The van der Waals surface area contributed by atoms with Crippen molar-refractivity contribution in [2.45, 2.75) is 4.90 Å². The molecule has 0 aromatic heterocycles. The van der Waals surface area contributed by atoms with Crippen LogP contribution in [0.1, 0.15) is 15.9 Å². The van der Waals surface area contributed by atoms with E-state index in [0.29, 0.717) is 11.3 Å². The van der Waals surface area contributed by atoms with Crippen LogP contribution in [0.5, 0.6) is 5.75 Å². The second-order valence-corrected chi connectivity index (χ2v) is 6.24. The normalized spacial score (nSPS) is 11.2. The molecule has 0 aliphatic carbocycles. The van der Waals surface area contributed by atoms with Gasteiger partial charge in [-0.25, -0.2) is 9.63 Å². The Balaban J connectivity index is 2.19. The highest BCUT2D eigenvalue weighted by Gasteiger charge is 2.21. The van der Waals surface area contributed by atoms with Gasteiger partial charge in [-0.3, -0.25) is 0 Å². The van der Waals surface area contributed by atoms with Crippen molar-refractivity contribution in [1.82, 2.24) is 4.83 Å². The summed E-state index contributed by atoms with van der Waals surface area (Å²) in [5, 5.41) is 3.72. The number of methoxy groups -OCH3 is 2. The van der Waals surface area contributed by atoms with Crippen molar-refractivity contribution in [2.75, 3.05) is 14.2 Å². The topological polar surface area (TPSA) is 94.1 Å².